The van der Waals surface area contributed by atoms with E-state index in [-0.39, 0.29) is 18.4 Å². The minimum atomic E-state index is -3.34. The van der Waals surface area contributed by atoms with Gasteiger partial charge in [0.05, 0.1) is 4.90 Å². The molecule has 0 saturated carbocycles. The maximum Gasteiger partial charge on any atom is 0.240 e. The van der Waals surface area contributed by atoms with Gasteiger partial charge in [0.25, 0.3) is 0 Å². The normalized spacial score (nSPS) is 19.9. The van der Waals surface area contributed by atoms with E-state index >= 15 is 0 Å². The molecule has 1 heterocycles. The lowest BCUT2D eigenvalue weighted by molar-refractivity contribution is 0.552. The Kier molecular flexibility index (Phi) is 5.39. The molecule has 2 rings (SSSR count). The van der Waals surface area contributed by atoms with Crippen LogP contribution in [0, 0.1) is 0 Å². The van der Waals surface area contributed by atoms with Crippen molar-refractivity contribution in [3.05, 3.63) is 30.3 Å². The van der Waals surface area contributed by atoms with Gasteiger partial charge in [-0.05, 0) is 31.5 Å². The van der Waals surface area contributed by atoms with Crippen LogP contribution in [0.3, 0.4) is 0 Å². The summed E-state index contributed by atoms with van der Waals surface area (Å²) in [6, 6.07) is 8.73. The predicted molar refractivity (Wildman–Crippen MR) is 69.9 cm³/mol. The topological polar surface area (TPSA) is 58.2 Å². The van der Waals surface area contributed by atoms with Gasteiger partial charge in [-0.15, -0.1) is 12.4 Å². The van der Waals surface area contributed by atoms with Gasteiger partial charge in [0.1, 0.15) is 0 Å². The average molecular weight is 277 g/mol. The van der Waals surface area contributed by atoms with Crippen molar-refractivity contribution in [1.82, 2.24) is 10.0 Å². The second kappa shape index (κ2) is 6.35. The van der Waals surface area contributed by atoms with Gasteiger partial charge in [0, 0.05) is 12.6 Å². The lowest BCUT2D eigenvalue weighted by Crippen LogP contribution is -2.37. The summed E-state index contributed by atoms with van der Waals surface area (Å²) in [5.74, 6) is 0. The minimum absolute atomic E-state index is 0. The maximum absolute atomic E-state index is 11.8. The van der Waals surface area contributed by atoms with Gasteiger partial charge in [0.15, 0.2) is 0 Å². The van der Waals surface area contributed by atoms with Crippen molar-refractivity contribution in [2.24, 2.45) is 0 Å². The zero-order valence-corrected chi connectivity index (χ0v) is 11.1. The van der Waals surface area contributed by atoms with Gasteiger partial charge in [-0.3, -0.25) is 0 Å². The van der Waals surface area contributed by atoms with Crippen LogP contribution >= 0.6 is 12.4 Å². The van der Waals surface area contributed by atoms with Crippen LogP contribution < -0.4 is 10.0 Å². The van der Waals surface area contributed by atoms with Crippen LogP contribution in [0.25, 0.3) is 0 Å². The van der Waals surface area contributed by atoms with Gasteiger partial charge in [-0.2, -0.15) is 0 Å². The molecule has 4 nitrogen and oxygen atoms in total. The van der Waals surface area contributed by atoms with E-state index in [4.69, 9.17) is 0 Å². The largest absolute Gasteiger partial charge is 0.313 e. The molecule has 1 saturated heterocycles. The van der Waals surface area contributed by atoms with E-state index < -0.39 is 10.0 Å². The Morgan fingerprint density at radius 1 is 1.29 bits per heavy atom. The number of benzene rings is 1. The summed E-state index contributed by atoms with van der Waals surface area (Å²) in [5, 5.41) is 3.25. The SMILES string of the molecule is Cl.O=S(=O)(NC[C@@H]1CCCN1)c1ccccc1. The highest BCUT2D eigenvalue weighted by Gasteiger charge is 2.18. The fourth-order valence-electron chi connectivity index (χ4n) is 1.82. The van der Waals surface area contributed by atoms with E-state index in [9.17, 15) is 8.42 Å². The number of hydrogen-bond acceptors (Lipinski definition) is 3. The summed E-state index contributed by atoms with van der Waals surface area (Å²) in [6.45, 7) is 1.45. The summed E-state index contributed by atoms with van der Waals surface area (Å²) in [4.78, 5) is 0.327. The van der Waals surface area contributed by atoms with Crippen molar-refractivity contribution in [2.45, 2.75) is 23.8 Å². The summed E-state index contributed by atoms with van der Waals surface area (Å²) in [5.41, 5.74) is 0. The molecule has 1 fully saturated rings. The average Bonchev–Trinajstić information content (AvgIpc) is 2.81. The number of hydrogen-bond donors (Lipinski definition) is 2. The molecule has 0 aliphatic carbocycles. The first-order chi connectivity index (χ1) is 7.68. The van der Waals surface area contributed by atoms with Crippen molar-refractivity contribution in [3.63, 3.8) is 0 Å². The van der Waals surface area contributed by atoms with Crippen molar-refractivity contribution in [3.8, 4) is 0 Å². The molecular formula is C11H17ClN2O2S. The van der Waals surface area contributed by atoms with E-state index in [0.29, 0.717) is 11.4 Å². The van der Waals surface area contributed by atoms with Crippen molar-refractivity contribution < 1.29 is 8.42 Å². The molecule has 1 aromatic rings. The Bertz CT molecular complexity index is 430. The number of nitrogens with one attached hydrogen (secondary N) is 2. The highest BCUT2D eigenvalue weighted by atomic mass is 35.5. The third kappa shape index (κ3) is 3.96. The summed E-state index contributed by atoms with van der Waals surface area (Å²) >= 11 is 0. The molecule has 96 valence electrons. The Hall–Kier alpha value is -0.620. The molecular weight excluding hydrogens is 260 g/mol. The third-order valence-corrected chi connectivity index (χ3v) is 4.18. The summed E-state index contributed by atoms with van der Waals surface area (Å²) < 4.78 is 26.3. The summed E-state index contributed by atoms with van der Waals surface area (Å²) in [6.07, 6.45) is 2.16. The van der Waals surface area contributed by atoms with Crippen LogP contribution in [-0.2, 0) is 10.0 Å². The molecule has 17 heavy (non-hydrogen) atoms. The van der Waals surface area contributed by atoms with E-state index in [1.165, 1.54) is 0 Å². The molecule has 0 spiro atoms. The van der Waals surface area contributed by atoms with Crippen LogP contribution in [-0.4, -0.2) is 27.5 Å². The van der Waals surface area contributed by atoms with Crippen molar-refractivity contribution in [2.75, 3.05) is 13.1 Å². The Labute approximate surface area is 108 Å². The van der Waals surface area contributed by atoms with Gasteiger partial charge in [-0.25, -0.2) is 13.1 Å². The van der Waals surface area contributed by atoms with Gasteiger partial charge in [0.2, 0.25) is 10.0 Å². The third-order valence-electron chi connectivity index (χ3n) is 2.74. The molecule has 1 aliphatic rings. The number of rotatable bonds is 4. The molecule has 0 amide bonds. The van der Waals surface area contributed by atoms with Crippen molar-refractivity contribution >= 4 is 22.4 Å². The highest BCUT2D eigenvalue weighted by Crippen LogP contribution is 2.08. The second-order valence-corrected chi connectivity index (χ2v) is 5.73. The maximum atomic E-state index is 11.8. The molecule has 1 aromatic carbocycles. The van der Waals surface area contributed by atoms with Crippen LogP contribution in [0.1, 0.15) is 12.8 Å². The molecule has 1 aliphatic heterocycles. The van der Waals surface area contributed by atoms with E-state index in [1.54, 1.807) is 30.3 Å². The van der Waals surface area contributed by atoms with Crippen molar-refractivity contribution in [1.29, 1.82) is 0 Å². The van der Waals surface area contributed by atoms with Crippen LogP contribution in [0.5, 0.6) is 0 Å². The first-order valence-electron chi connectivity index (χ1n) is 5.46. The number of halogens is 1. The zero-order valence-electron chi connectivity index (χ0n) is 9.43. The molecule has 0 unspecified atom stereocenters. The Morgan fingerprint density at radius 2 is 2.00 bits per heavy atom. The highest BCUT2D eigenvalue weighted by molar-refractivity contribution is 7.89. The van der Waals surface area contributed by atoms with E-state index in [0.717, 1.165) is 19.4 Å². The Morgan fingerprint density at radius 3 is 2.59 bits per heavy atom. The van der Waals surface area contributed by atoms with Crippen LogP contribution in [0.15, 0.2) is 35.2 Å². The molecule has 0 bridgehead atoms. The second-order valence-electron chi connectivity index (χ2n) is 3.96. The van der Waals surface area contributed by atoms with Gasteiger partial charge in [-0.1, -0.05) is 18.2 Å². The lowest BCUT2D eigenvalue weighted by atomic mass is 10.2. The quantitative estimate of drug-likeness (QED) is 0.867. The number of sulfonamides is 1. The van der Waals surface area contributed by atoms with Crippen LogP contribution in [0.2, 0.25) is 0 Å². The van der Waals surface area contributed by atoms with Crippen LogP contribution in [0.4, 0.5) is 0 Å². The standard InChI is InChI=1S/C11H16N2O2S.ClH/c14-16(15,11-6-2-1-3-7-11)13-9-10-5-4-8-12-10;/h1-3,6-7,10,12-13H,4-5,8-9H2;1H/t10-;/m0./s1. The Balaban J connectivity index is 0.00000144. The molecule has 0 aromatic heterocycles. The fraction of sp³-hybridized carbons (Fsp3) is 0.455. The lowest BCUT2D eigenvalue weighted by Gasteiger charge is -2.11. The fourth-order valence-corrected chi connectivity index (χ4v) is 2.93. The molecule has 6 heteroatoms. The molecule has 2 N–H and O–H groups in total. The predicted octanol–water partition coefficient (Wildman–Crippen LogP) is 1.14. The minimum Gasteiger partial charge on any atom is -0.313 e. The zero-order chi connectivity index (χ0) is 11.4. The monoisotopic (exact) mass is 276 g/mol. The van der Waals surface area contributed by atoms with E-state index in [2.05, 4.69) is 10.0 Å². The van der Waals surface area contributed by atoms with E-state index in [1.807, 2.05) is 0 Å². The summed E-state index contributed by atoms with van der Waals surface area (Å²) in [7, 11) is -3.34. The first-order valence-corrected chi connectivity index (χ1v) is 6.95. The molecule has 1 atom stereocenters. The smallest absolute Gasteiger partial charge is 0.240 e. The molecule has 0 radical (unpaired) electrons. The first kappa shape index (κ1) is 14.4. The van der Waals surface area contributed by atoms with Gasteiger partial charge >= 0.3 is 0 Å². The van der Waals surface area contributed by atoms with Gasteiger partial charge < -0.3 is 5.32 Å².